The number of amides is 1. The number of guanidine groups is 1. The molecule has 0 radical (unpaired) electrons. The molecule has 1 aromatic rings. The first kappa shape index (κ1) is 17.8. The molecule has 0 aromatic heterocycles. The molecule has 130 valence electrons. The van der Waals surface area contributed by atoms with Gasteiger partial charge in [-0.1, -0.05) is 30.9 Å². The van der Waals surface area contributed by atoms with Crippen molar-refractivity contribution in [1.29, 1.82) is 0 Å². The van der Waals surface area contributed by atoms with Crippen molar-refractivity contribution in [3.8, 4) is 5.75 Å². The molecule has 0 unspecified atom stereocenters. The van der Waals surface area contributed by atoms with E-state index in [0.29, 0.717) is 25.2 Å². The normalized spacial score (nSPS) is 14.0. The zero-order chi connectivity index (χ0) is 17.2. The van der Waals surface area contributed by atoms with Crippen LogP contribution >= 0.6 is 0 Å². The number of benzene rings is 1. The van der Waals surface area contributed by atoms with Crippen molar-refractivity contribution in [2.24, 2.45) is 4.99 Å². The van der Waals surface area contributed by atoms with Gasteiger partial charge in [0.2, 0.25) is 5.91 Å². The van der Waals surface area contributed by atoms with E-state index in [1.807, 2.05) is 31.2 Å². The number of para-hydroxylation sites is 1. The predicted octanol–water partition coefficient (Wildman–Crippen LogP) is 1.59. The van der Waals surface area contributed by atoms with Crippen LogP contribution in [0.15, 0.2) is 41.9 Å². The van der Waals surface area contributed by atoms with E-state index in [-0.39, 0.29) is 12.5 Å². The summed E-state index contributed by atoms with van der Waals surface area (Å²) in [6.45, 7) is 7.52. The van der Waals surface area contributed by atoms with Gasteiger partial charge in [0.25, 0.3) is 0 Å². The molecule has 24 heavy (non-hydrogen) atoms. The fourth-order valence-corrected chi connectivity index (χ4v) is 2.10. The number of carbonyl (C=O) groups is 1. The van der Waals surface area contributed by atoms with Crippen LogP contribution in [0.25, 0.3) is 0 Å². The van der Waals surface area contributed by atoms with E-state index >= 15 is 0 Å². The highest BCUT2D eigenvalue weighted by atomic mass is 16.5. The van der Waals surface area contributed by atoms with Crippen molar-refractivity contribution in [2.45, 2.75) is 32.4 Å². The molecule has 0 aliphatic heterocycles. The van der Waals surface area contributed by atoms with Gasteiger partial charge < -0.3 is 20.7 Å². The van der Waals surface area contributed by atoms with Gasteiger partial charge in [-0.15, -0.1) is 0 Å². The Labute approximate surface area is 143 Å². The highest BCUT2D eigenvalue weighted by Crippen LogP contribution is 2.19. The number of hydrogen-bond donors (Lipinski definition) is 3. The molecule has 0 bridgehead atoms. The molecule has 1 aliphatic carbocycles. The van der Waals surface area contributed by atoms with E-state index in [9.17, 15) is 4.79 Å². The number of aliphatic imine (C=N–C) groups is 1. The molecule has 6 nitrogen and oxygen atoms in total. The van der Waals surface area contributed by atoms with Crippen molar-refractivity contribution in [2.75, 3.05) is 19.7 Å². The van der Waals surface area contributed by atoms with Crippen LogP contribution in [0.1, 0.15) is 25.3 Å². The molecule has 1 saturated carbocycles. The number of nitrogens with zero attached hydrogens (tertiary/aromatic N) is 1. The molecule has 1 fully saturated rings. The zero-order valence-electron chi connectivity index (χ0n) is 14.2. The van der Waals surface area contributed by atoms with Crippen molar-refractivity contribution in [3.05, 3.63) is 42.5 Å². The minimum absolute atomic E-state index is 0.00202. The third kappa shape index (κ3) is 6.32. The molecular formula is C18H26N4O2. The van der Waals surface area contributed by atoms with Crippen molar-refractivity contribution in [1.82, 2.24) is 16.0 Å². The lowest BCUT2D eigenvalue weighted by Gasteiger charge is -2.12. The summed E-state index contributed by atoms with van der Waals surface area (Å²) in [6, 6.07) is 8.14. The Balaban J connectivity index is 1.91. The fraction of sp³-hybridized carbons (Fsp3) is 0.444. The lowest BCUT2D eigenvalue weighted by Crippen LogP contribution is -2.43. The van der Waals surface area contributed by atoms with Gasteiger partial charge in [-0.25, -0.2) is 4.99 Å². The van der Waals surface area contributed by atoms with Crippen molar-refractivity contribution >= 4 is 11.9 Å². The largest absolute Gasteiger partial charge is 0.489 e. The molecule has 0 spiro atoms. The Bertz CT molecular complexity index is 582. The molecule has 0 heterocycles. The van der Waals surface area contributed by atoms with Gasteiger partial charge in [-0.05, 0) is 25.8 Å². The van der Waals surface area contributed by atoms with Gasteiger partial charge in [-0.2, -0.15) is 0 Å². The van der Waals surface area contributed by atoms with Gasteiger partial charge in [0.05, 0.1) is 13.1 Å². The third-order valence-electron chi connectivity index (χ3n) is 3.44. The number of ether oxygens (including phenoxy) is 1. The second-order valence-corrected chi connectivity index (χ2v) is 5.60. The van der Waals surface area contributed by atoms with Crippen LogP contribution in [-0.4, -0.2) is 37.6 Å². The first-order valence-electron chi connectivity index (χ1n) is 8.36. The Morgan fingerprint density at radius 1 is 1.38 bits per heavy atom. The summed E-state index contributed by atoms with van der Waals surface area (Å²) < 4.78 is 5.64. The van der Waals surface area contributed by atoms with Crippen LogP contribution < -0.4 is 20.7 Å². The van der Waals surface area contributed by atoms with E-state index in [4.69, 9.17) is 4.74 Å². The van der Waals surface area contributed by atoms with Crippen LogP contribution in [0, 0.1) is 0 Å². The van der Waals surface area contributed by atoms with Gasteiger partial charge >= 0.3 is 0 Å². The molecule has 1 aromatic carbocycles. The number of rotatable bonds is 9. The average Bonchev–Trinajstić information content (AvgIpc) is 3.40. The Kier molecular flexibility index (Phi) is 7.14. The van der Waals surface area contributed by atoms with Crippen molar-refractivity contribution < 1.29 is 9.53 Å². The SMILES string of the molecule is C=CCOc1ccccc1CN=C(NCC)NCC(=O)NC1CC1. The first-order valence-corrected chi connectivity index (χ1v) is 8.36. The second kappa shape index (κ2) is 9.60. The van der Waals surface area contributed by atoms with E-state index in [0.717, 1.165) is 30.7 Å². The highest BCUT2D eigenvalue weighted by Gasteiger charge is 2.22. The van der Waals surface area contributed by atoms with E-state index < -0.39 is 0 Å². The summed E-state index contributed by atoms with van der Waals surface area (Å²) in [5.41, 5.74) is 0.985. The lowest BCUT2D eigenvalue weighted by atomic mass is 10.2. The quantitative estimate of drug-likeness (QED) is 0.365. The molecule has 1 aliphatic rings. The van der Waals surface area contributed by atoms with E-state index in [1.165, 1.54) is 0 Å². The number of hydrogen-bond acceptors (Lipinski definition) is 3. The summed E-state index contributed by atoms with van der Waals surface area (Å²) in [5, 5.41) is 9.14. The summed E-state index contributed by atoms with van der Waals surface area (Å²) in [6.07, 6.45) is 3.88. The zero-order valence-corrected chi connectivity index (χ0v) is 14.2. The molecular weight excluding hydrogens is 304 g/mol. The molecule has 1 amide bonds. The van der Waals surface area contributed by atoms with Gasteiger partial charge in [0.15, 0.2) is 5.96 Å². The van der Waals surface area contributed by atoms with Crippen LogP contribution in [0.2, 0.25) is 0 Å². The maximum absolute atomic E-state index is 11.8. The van der Waals surface area contributed by atoms with Gasteiger partial charge in [-0.3, -0.25) is 4.79 Å². The minimum atomic E-state index is -0.00202. The summed E-state index contributed by atoms with van der Waals surface area (Å²) in [5.74, 6) is 1.41. The standard InChI is InChI=1S/C18H26N4O2/c1-3-11-24-16-8-6-5-7-14(16)12-20-18(19-4-2)21-13-17(23)22-15-9-10-15/h3,5-8,15H,1,4,9-13H2,2H3,(H,22,23)(H2,19,20,21). The third-order valence-corrected chi connectivity index (χ3v) is 3.44. The van der Waals surface area contributed by atoms with Crippen LogP contribution in [0.4, 0.5) is 0 Å². The highest BCUT2D eigenvalue weighted by molar-refractivity contribution is 5.86. The van der Waals surface area contributed by atoms with Gasteiger partial charge in [0, 0.05) is 18.2 Å². The molecule has 0 saturated heterocycles. The maximum Gasteiger partial charge on any atom is 0.239 e. The second-order valence-electron chi connectivity index (χ2n) is 5.60. The topological polar surface area (TPSA) is 74.8 Å². The lowest BCUT2D eigenvalue weighted by molar-refractivity contribution is -0.120. The fourth-order valence-electron chi connectivity index (χ4n) is 2.10. The Morgan fingerprint density at radius 3 is 2.88 bits per heavy atom. The summed E-state index contributed by atoms with van der Waals surface area (Å²) in [4.78, 5) is 16.3. The van der Waals surface area contributed by atoms with Crippen LogP contribution in [0.3, 0.4) is 0 Å². The Morgan fingerprint density at radius 2 is 2.17 bits per heavy atom. The molecule has 0 atom stereocenters. The van der Waals surface area contributed by atoms with E-state index in [2.05, 4.69) is 27.5 Å². The van der Waals surface area contributed by atoms with Gasteiger partial charge in [0.1, 0.15) is 12.4 Å². The smallest absolute Gasteiger partial charge is 0.239 e. The van der Waals surface area contributed by atoms with Crippen LogP contribution in [-0.2, 0) is 11.3 Å². The Hall–Kier alpha value is -2.50. The molecule has 2 rings (SSSR count). The molecule has 6 heteroatoms. The molecule has 3 N–H and O–H groups in total. The summed E-state index contributed by atoms with van der Waals surface area (Å²) in [7, 11) is 0. The minimum Gasteiger partial charge on any atom is -0.489 e. The average molecular weight is 330 g/mol. The predicted molar refractivity (Wildman–Crippen MR) is 96.1 cm³/mol. The van der Waals surface area contributed by atoms with Crippen molar-refractivity contribution in [3.63, 3.8) is 0 Å². The maximum atomic E-state index is 11.8. The number of carbonyl (C=O) groups excluding carboxylic acids is 1. The number of nitrogens with one attached hydrogen (secondary N) is 3. The van der Waals surface area contributed by atoms with Crippen LogP contribution in [0.5, 0.6) is 5.75 Å². The monoisotopic (exact) mass is 330 g/mol. The van der Waals surface area contributed by atoms with E-state index in [1.54, 1.807) is 6.08 Å². The first-order chi connectivity index (χ1) is 11.7. The summed E-state index contributed by atoms with van der Waals surface area (Å²) >= 11 is 0.